The molecule has 2 aliphatic rings. The van der Waals surface area contributed by atoms with Crippen molar-refractivity contribution in [2.75, 3.05) is 13.7 Å². The average molecular weight is 295 g/mol. The summed E-state index contributed by atoms with van der Waals surface area (Å²) in [6.07, 6.45) is -0.125. The van der Waals surface area contributed by atoms with E-state index in [1.807, 2.05) is 0 Å². The van der Waals surface area contributed by atoms with Crippen molar-refractivity contribution < 1.29 is 19.7 Å². The Morgan fingerprint density at radius 2 is 2.33 bits per heavy atom. The zero-order valence-corrected chi connectivity index (χ0v) is 11.4. The van der Waals surface area contributed by atoms with E-state index in [4.69, 9.17) is 20.6 Å². The molecule has 5 atom stereocenters. The number of imidazole rings is 1. The highest BCUT2D eigenvalue weighted by atomic mass is 16.6. The molecule has 2 unspecified atom stereocenters. The minimum absolute atomic E-state index is 0.171. The Bertz CT molecular complexity index is 586. The quantitative estimate of drug-likeness (QED) is 0.538. The van der Waals surface area contributed by atoms with E-state index in [9.17, 15) is 10.2 Å². The van der Waals surface area contributed by atoms with Crippen molar-refractivity contribution in [3.8, 4) is 0 Å². The van der Waals surface area contributed by atoms with Gasteiger partial charge in [-0.05, 0) is 0 Å². The predicted molar refractivity (Wildman–Crippen MR) is 73.0 cm³/mol. The van der Waals surface area contributed by atoms with E-state index in [2.05, 4.69) is 9.98 Å². The van der Waals surface area contributed by atoms with Gasteiger partial charge in [-0.3, -0.25) is 4.57 Å². The smallest absolute Gasteiger partial charge is 0.166 e. The number of aliphatic hydroxyl groups is 2. The van der Waals surface area contributed by atoms with E-state index in [0.29, 0.717) is 11.5 Å². The van der Waals surface area contributed by atoms with Crippen LogP contribution < -0.4 is 5.73 Å². The average Bonchev–Trinajstić information content (AvgIpc) is 3.03. The lowest BCUT2D eigenvalue weighted by Gasteiger charge is -2.22. The van der Waals surface area contributed by atoms with E-state index < -0.39 is 30.6 Å². The Morgan fingerprint density at radius 3 is 3.00 bits per heavy atom. The first kappa shape index (κ1) is 14.3. The summed E-state index contributed by atoms with van der Waals surface area (Å²) in [5.74, 6) is 0.430. The summed E-state index contributed by atoms with van der Waals surface area (Å²) in [4.78, 5) is 8.35. The molecular formula is C12H17N5O4. The second-order valence-corrected chi connectivity index (χ2v) is 4.98. The Hall–Kier alpha value is -1.65. The largest absolute Gasteiger partial charge is 0.394 e. The Morgan fingerprint density at radius 1 is 1.57 bits per heavy atom. The minimum Gasteiger partial charge on any atom is -0.394 e. The number of aromatic nitrogens is 2. The number of hydrogen-bond donors (Lipinski definition) is 4. The van der Waals surface area contributed by atoms with Crippen molar-refractivity contribution in [3.63, 3.8) is 0 Å². The van der Waals surface area contributed by atoms with Gasteiger partial charge in [0.05, 0.1) is 24.7 Å². The molecule has 3 heterocycles. The number of nitrogens with one attached hydrogen (secondary N) is 1. The van der Waals surface area contributed by atoms with Crippen LogP contribution in [-0.4, -0.2) is 69.8 Å². The lowest BCUT2D eigenvalue weighted by Crippen LogP contribution is -2.35. The molecule has 1 saturated heterocycles. The van der Waals surface area contributed by atoms with E-state index in [1.165, 1.54) is 19.7 Å². The van der Waals surface area contributed by atoms with Crippen LogP contribution in [0.2, 0.25) is 0 Å². The van der Waals surface area contributed by atoms with Crippen LogP contribution in [0.25, 0.3) is 0 Å². The van der Waals surface area contributed by atoms with Crippen LogP contribution in [0.5, 0.6) is 0 Å². The van der Waals surface area contributed by atoms with Gasteiger partial charge in [-0.1, -0.05) is 0 Å². The molecule has 1 aromatic heterocycles. The van der Waals surface area contributed by atoms with Gasteiger partial charge in [0.2, 0.25) is 0 Å². The SMILES string of the molecule is COC1[C@@H](O)[C@@H](CO)O[C@H]1n1cnc2c1N=CC(N)C2=N. The molecule has 0 spiro atoms. The predicted octanol–water partition coefficient (Wildman–Crippen LogP) is -1.44. The van der Waals surface area contributed by atoms with Gasteiger partial charge in [-0.15, -0.1) is 0 Å². The molecule has 0 saturated carbocycles. The number of ether oxygens (including phenoxy) is 2. The zero-order chi connectivity index (χ0) is 15.1. The summed E-state index contributed by atoms with van der Waals surface area (Å²) in [6.45, 7) is -0.321. The van der Waals surface area contributed by atoms with E-state index in [-0.39, 0.29) is 12.3 Å². The number of nitrogens with zero attached hydrogens (tertiary/aromatic N) is 3. The Labute approximate surface area is 120 Å². The maximum Gasteiger partial charge on any atom is 0.166 e. The van der Waals surface area contributed by atoms with Crippen LogP contribution in [0, 0.1) is 5.41 Å². The number of nitrogens with two attached hydrogens (primary N) is 1. The maximum atomic E-state index is 10.1. The monoisotopic (exact) mass is 295 g/mol. The maximum absolute atomic E-state index is 10.1. The lowest BCUT2D eigenvalue weighted by atomic mass is 10.1. The summed E-state index contributed by atoms with van der Waals surface area (Å²) in [6, 6.07) is -0.584. The third-order valence-corrected chi connectivity index (χ3v) is 3.75. The number of aliphatic imine (C=N–C) groups is 1. The van der Waals surface area contributed by atoms with E-state index in [0.717, 1.165) is 0 Å². The van der Waals surface area contributed by atoms with Crippen molar-refractivity contribution in [1.82, 2.24) is 9.55 Å². The zero-order valence-electron chi connectivity index (χ0n) is 11.4. The highest BCUT2D eigenvalue weighted by molar-refractivity contribution is 6.14. The number of fused-ring (bicyclic) bond motifs is 1. The fourth-order valence-corrected chi connectivity index (χ4v) is 2.59. The third-order valence-electron chi connectivity index (χ3n) is 3.75. The number of aliphatic hydroxyl groups excluding tert-OH is 2. The van der Waals surface area contributed by atoms with Crippen LogP contribution in [0.3, 0.4) is 0 Å². The fourth-order valence-electron chi connectivity index (χ4n) is 2.59. The number of rotatable bonds is 3. The minimum atomic E-state index is -0.961. The Kier molecular flexibility index (Phi) is 3.59. The first-order valence-electron chi connectivity index (χ1n) is 6.51. The molecule has 0 aliphatic carbocycles. The third kappa shape index (κ3) is 2.10. The van der Waals surface area contributed by atoms with Gasteiger partial charge in [0.1, 0.15) is 24.0 Å². The summed E-state index contributed by atoms with van der Waals surface area (Å²) in [5.41, 5.74) is 6.27. The van der Waals surface area contributed by atoms with E-state index >= 15 is 0 Å². The van der Waals surface area contributed by atoms with E-state index in [1.54, 1.807) is 4.57 Å². The second kappa shape index (κ2) is 5.28. The van der Waals surface area contributed by atoms with Crippen molar-refractivity contribution in [2.45, 2.75) is 30.6 Å². The van der Waals surface area contributed by atoms with Gasteiger partial charge in [-0.2, -0.15) is 0 Å². The molecule has 9 heteroatoms. The molecule has 0 amide bonds. The van der Waals surface area contributed by atoms with Gasteiger partial charge in [0.25, 0.3) is 0 Å². The van der Waals surface area contributed by atoms with Gasteiger partial charge in [0, 0.05) is 13.3 Å². The molecule has 0 bridgehead atoms. The van der Waals surface area contributed by atoms with Crippen molar-refractivity contribution >= 4 is 17.7 Å². The summed E-state index contributed by atoms with van der Waals surface area (Å²) >= 11 is 0. The molecular weight excluding hydrogens is 278 g/mol. The fraction of sp³-hybridized carbons (Fsp3) is 0.583. The molecule has 21 heavy (non-hydrogen) atoms. The molecule has 0 aromatic carbocycles. The molecule has 1 fully saturated rings. The van der Waals surface area contributed by atoms with Crippen LogP contribution in [0.1, 0.15) is 11.9 Å². The molecule has 2 aliphatic heterocycles. The van der Waals surface area contributed by atoms with Crippen molar-refractivity contribution in [1.29, 1.82) is 5.41 Å². The van der Waals surface area contributed by atoms with Gasteiger partial charge < -0.3 is 30.8 Å². The summed E-state index contributed by atoms with van der Waals surface area (Å²) in [5, 5.41) is 27.2. The normalized spacial score (nSPS) is 35.2. The van der Waals surface area contributed by atoms with Crippen LogP contribution in [-0.2, 0) is 9.47 Å². The van der Waals surface area contributed by atoms with Gasteiger partial charge in [0.15, 0.2) is 12.0 Å². The highest BCUT2D eigenvalue weighted by Crippen LogP contribution is 2.36. The van der Waals surface area contributed by atoms with Gasteiger partial charge in [-0.25, -0.2) is 9.98 Å². The topological polar surface area (TPSA) is 139 Å². The standard InChI is InChI=1S/C12H17N5O4/c1-20-10-9(19)6(3-18)21-12(10)17-4-16-8-7(14)5(13)2-15-11(8)17/h2,4-6,9-10,12,14,18-19H,3,13H2,1H3/t5?,6-,9+,10?,12-/m1/s1. The van der Waals surface area contributed by atoms with Crippen molar-refractivity contribution in [2.24, 2.45) is 10.7 Å². The van der Waals surface area contributed by atoms with Crippen LogP contribution in [0.4, 0.5) is 5.82 Å². The molecule has 3 rings (SSSR count). The van der Waals surface area contributed by atoms with Crippen molar-refractivity contribution in [3.05, 3.63) is 12.0 Å². The molecule has 1 aromatic rings. The molecule has 5 N–H and O–H groups in total. The Balaban J connectivity index is 1.98. The number of hydrogen-bond acceptors (Lipinski definition) is 8. The molecule has 114 valence electrons. The molecule has 0 radical (unpaired) electrons. The number of methoxy groups -OCH3 is 1. The second-order valence-electron chi connectivity index (χ2n) is 4.98. The molecule has 9 nitrogen and oxygen atoms in total. The summed E-state index contributed by atoms with van der Waals surface area (Å²) < 4.78 is 12.5. The lowest BCUT2D eigenvalue weighted by molar-refractivity contribution is -0.0592. The first-order chi connectivity index (χ1) is 10.1. The highest BCUT2D eigenvalue weighted by Gasteiger charge is 2.45. The van der Waals surface area contributed by atoms with Crippen LogP contribution >= 0.6 is 0 Å². The van der Waals surface area contributed by atoms with Gasteiger partial charge >= 0.3 is 0 Å². The first-order valence-corrected chi connectivity index (χ1v) is 6.51. The van der Waals surface area contributed by atoms with Crippen LogP contribution in [0.15, 0.2) is 11.3 Å². The summed E-state index contributed by atoms with van der Waals surface area (Å²) in [7, 11) is 1.45.